The van der Waals surface area contributed by atoms with Crippen molar-refractivity contribution in [2.24, 2.45) is 0 Å². The van der Waals surface area contributed by atoms with E-state index in [9.17, 15) is 8.78 Å². The zero-order chi connectivity index (χ0) is 63.7. The predicted octanol–water partition coefficient (Wildman–Crippen LogP) is 16.3. The van der Waals surface area contributed by atoms with E-state index in [1.165, 1.54) is 19.2 Å². The summed E-state index contributed by atoms with van der Waals surface area (Å²) in [4.78, 5) is 25.4. The van der Waals surface area contributed by atoms with E-state index < -0.39 is 43.0 Å². The Morgan fingerprint density at radius 3 is 1.18 bits per heavy atom. The van der Waals surface area contributed by atoms with Crippen molar-refractivity contribution >= 4 is 52.2 Å². The van der Waals surface area contributed by atoms with Crippen molar-refractivity contribution in [3.63, 3.8) is 0 Å². The molecule has 0 fully saturated rings. The van der Waals surface area contributed by atoms with Gasteiger partial charge < -0.3 is 37.7 Å². The van der Waals surface area contributed by atoms with Gasteiger partial charge in [0.1, 0.15) is 63.5 Å². The number of rotatable bonds is 18. The van der Waals surface area contributed by atoms with E-state index in [0.717, 1.165) is 40.3 Å². The molecule has 2 aromatic heterocycles. The Hall–Kier alpha value is -10.5. The molecule has 0 N–H and O–H groups in total. The van der Waals surface area contributed by atoms with E-state index in [4.69, 9.17) is 44.4 Å². The zero-order valence-corrected chi connectivity index (χ0v) is 51.4. The molecule has 10 aromatic carbocycles. The minimum Gasteiger partial charge on any atom is -0.496 e. The van der Waals surface area contributed by atoms with Crippen LogP contribution in [-0.2, 0) is 4.57 Å². The third-order valence-electron chi connectivity index (χ3n) is 13.3. The molecule has 0 saturated carbocycles. The number of ether oxygens (including phenoxy) is 7. The summed E-state index contributed by atoms with van der Waals surface area (Å²) in [6.45, 7) is 1.74. The number of para-hydroxylation sites is 7. The number of methoxy groups -OCH3 is 3. The van der Waals surface area contributed by atoms with E-state index in [0.29, 0.717) is 28.6 Å². The van der Waals surface area contributed by atoms with E-state index in [1.807, 2.05) is 72.8 Å². The molecular formula is C70H55ClF4N6O8P2. The molecule has 458 valence electrons. The van der Waals surface area contributed by atoms with E-state index in [-0.39, 0.29) is 64.6 Å². The Labute approximate surface area is 529 Å². The first-order chi connectivity index (χ1) is 44.3. The van der Waals surface area contributed by atoms with Crippen molar-refractivity contribution in [2.45, 2.75) is 6.92 Å². The van der Waals surface area contributed by atoms with Gasteiger partial charge in [0.05, 0.1) is 50.3 Å². The first-order valence-corrected chi connectivity index (χ1v) is 31.7. The molecule has 91 heavy (non-hydrogen) atoms. The van der Waals surface area contributed by atoms with Gasteiger partial charge in [-0.15, -0.1) is 9.97 Å². The minimum atomic E-state index is -4.23. The van der Waals surface area contributed by atoms with Gasteiger partial charge in [0, 0.05) is 23.4 Å². The normalized spacial score (nSPS) is 11.4. The number of hydrogen-bond acceptors (Lipinski definition) is 14. The van der Waals surface area contributed by atoms with Crippen LogP contribution in [0.15, 0.2) is 249 Å². The highest BCUT2D eigenvalue weighted by atomic mass is 35.7. The standard InChI is InChI=1S/C35H26F2N3O4P.C21H13F2N3O2.C14H14ClO2P.H2/c1-23-13-9-11-19-29(23)45(41,30-20-12-10-18-28(30)42-2)32-27(36)22-21-26(31(32)37)33-38-34(43-24-14-5-3-6-15-24)40-35(39-33)44-25-16-7-4-8-17-25;22-14-11-12-17(18(23)13-14)19-24-20(27-15-7-3-1-4-8-15)26-21(25-19)28-16-9-5-2-6-10-16;1-16-11-7-3-5-9-13(11)18(15)14-10-6-4-8-12(14)17-2;/h3-22H,1-2H3;1-13H;3-10H,1-2H3;1H. The lowest BCUT2D eigenvalue weighted by molar-refractivity contribution is 0.397. The molecule has 0 radical (unpaired) electrons. The van der Waals surface area contributed by atoms with Crippen LogP contribution in [0.3, 0.4) is 0 Å². The van der Waals surface area contributed by atoms with Gasteiger partial charge in [0.2, 0.25) is 0 Å². The average molecular weight is 1280 g/mol. The molecule has 0 aliphatic carbocycles. The summed E-state index contributed by atoms with van der Waals surface area (Å²) in [6.07, 6.45) is 0. The van der Waals surface area contributed by atoms with Gasteiger partial charge >= 0.3 is 24.0 Å². The largest absolute Gasteiger partial charge is 0.496 e. The number of hydrogen-bond donors (Lipinski definition) is 0. The second kappa shape index (κ2) is 30.1. The maximum atomic E-state index is 16.9. The van der Waals surface area contributed by atoms with Gasteiger partial charge in [-0.2, -0.15) is 19.9 Å². The summed E-state index contributed by atoms with van der Waals surface area (Å²) in [7, 11) is -0.513. The molecule has 1 atom stereocenters. The predicted molar refractivity (Wildman–Crippen MR) is 347 cm³/mol. The number of benzene rings is 10. The Morgan fingerprint density at radius 1 is 0.396 bits per heavy atom. The molecule has 2 heterocycles. The minimum absolute atomic E-state index is 0. The van der Waals surface area contributed by atoms with Crippen molar-refractivity contribution in [1.29, 1.82) is 0 Å². The molecule has 0 aliphatic heterocycles. The summed E-state index contributed by atoms with van der Waals surface area (Å²) < 4.78 is 115. The van der Waals surface area contributed by atoms with Crippen LogP contribution >= 0.6 is 25.7 Å². The van der Waals surface area contributed by atoms with Gasteiger partial charge in [-0.3, -0.25) is 0 Å². The Morgan fingerprint density at radius 2 is 0.758 bits per heavy atom. The molecule has 12 rings (SSSR count). The second-order valence-electron chi connectivity index (χ2n) is 19.2. The maximum absolute atomic E-state index is 16.9. The molecule has 0 saturated heterocycles. The Kier molecular flexibility index (Phi) is 21.0. The van der Waals surface area contributed by atoms with Gasteiger partial charge in [-0.25, -0.2) is 17.6 Å². The quantitative estimate of drug-likeness (QED) is 0.0590. The number of halogens is 5. The molecule has 12 aromatic rings. The fraction of sp³-hybridized carbons (Fsp3) is 0.0571. The van der Waals surface area contributed by atoms with E-state index in [1.54, 1.807) is 167 Å². The molecule has 1 unspecified atom stereocenters. The number of aromatic nitrogens is 6. The first kappa shape index (κ1) is 63.5. The smallest absolute Gasteiger partial charge is 0.328 e. The summed E-state index contributed by atoms with van der Waals surface area (Å²) in [6, 6.07) is 69.0. The highest BCUT2D eigenvalue weighted by Gasteiger charge is 2.40. The molecule has 0 spiro atoms. The van der Waals surface area contributed by atoms with Crippen LogP contribution in [0.1, 0.15) is 6.99 Å². The molecule has 0 aliphatic rings. The molecule has 0 amide bonds. The molecule has 14 nitrogen and oxygen atoms in total. The molecule has 21 heteroatoms. The lowest BCUT2D eigenvalue weighted by atomic mass is 10.2. The highest BCUT2D eigenvalue weighted by Crippen LogP contribution is 2.49. The van der Waals surface area contributed by atoms with Crippen LogP contribution in [0, 0.1) is 30.2 Å². The first-order valence-electron chi connectivity index (χ1n) is 27.7. The monoisotopic (exact) mass is 1280 g/mol. The third kappa shape index (κ3) is 15.5. The van der Waals surface area contributed by atoms with Crippen molar-refractivity contribution in [1.82, 2.24) is 29.9 Å². The van der Waals surface area contributed by atoms with Crippen molar-refractivity contribution in [3.8, 4) is 87.1 Å². The Bertz CT molecular complexity index is 4330. The van der Waals surface area contributed by atoms with Crippen LogP contribution in [0.25, 0.3) is 22.8 Å². The summed E-state index contributed by atoms with van der Waals surface area (Å²) in [5.74, 6) is -0.184. The fourth-order valence-electron chi connectivity index (χ4n) is 9.04. The SMILES string of the molecule is COc1ccccc1P(=O)(c1ccccc1C)c1c(F)ccc(-c2nc(Oc3ccccc3)nc(Oc3ccccc3)n2)c1F.COc1ccccc1P(Cl)c1ccccc1OC.Fc1ccc(-c2nc(Oc3ccccc3)nc(Oc3ccccc3)n2)c(F)c1.[HH]. The molecule has 0 bridgehead atoms. The summed E-state index contributed by atoms with van der Waals surface area (Å²) >= 11 is 6.60. The van der Waals surface area contributed by atoms with Crippen LogP contribution in [-0.4, -0.2) is 51.2 Å². The summed E-state index contributed by atoms with van der Waals surface area (Å²) in [5, 5.41) is 1.78. The van der Waals surface area contributed by atoms with Crippen molar-refractivity contribution in [3.05, 3.63) is 278 Å². The van der Waals surface area contributed by atoms with Gasteiger partial charge in [0.15, 0.2) is 18.8 Å². The van der Waals surface area contributed by atoms with Crippen molar-refractivity contribution < 1.29 is 56.7 Å². The van der Waals surface area contributed by atoms with E-state index in [2.05, 4.69) is 29.9 Å². The topological polar surface area (TPSA) is 159 Å². The van der Waals surface area contributed by atoms with Crippen LogP contribution in [0.5, 0.6) is 64.3 Å². The Balaban J connectivity index is 0.000000180. The third-order valence-corrected chi connectivity index (χ3v) is 19.2. The van der Waals surface area contributed by atoms with Crippen molar-refractivity contribution in [2.75, 3.05) is 21.3 Å². The zero-order valence-electron chi connectivity index (χ0n) is 48.9. The summed E-state index contributed by atoms with van der Waals surface area (Å²) in [5.41, 5.74) is 0.362. The lowest BCUT2D eigenvalue weighted by Gasteiger charge is -2.25. The number of nitrogens with zero attached hydrogens (tertiary/aromatic N) is 6. The maximum Gasteiger partial charge on any atom is 0.328 e. The lowest BCUT2D eigenvalue weighted by Crippen LogP contribution is -2.31. The molecular weight excluding hydrogens is 1230 g/mol. The van der Waals surface area contributed by atoms with Gasteiger partial charge in [-0.1, -0.05) is 145 Å². The number of aryl methyl sites for hydroxylation is 1. The van der Waals surface area contributed by atoms with Crippen LogP contribution in [0.4, 0.5) is 17.6 Å². The van der Waals surface area contributed by atoms with Crippen LogP contribution in [0.2, 0.25) is 0 Å². The van der Waals surface area contributed by atoms with Gasteiger partial charge in [0.25, 0.3) is 0 Å². The highest BCUT2D eigenvalue weighted by molar-refractivity contribution is 7.96. The fourth-order valence-corrected chi connectivity index (χ4v) is 14.4. The van der Waals surface area contributed by atoms with Gasteiger partial charge in [-0.05, 0) is 122 Å². The van der Waals surface area contributed by atoms with E-state index >= 15 is 13.3 Å². The average Bonchev–Trinajstić information content (AvgIpc) is 0.735. The van der Waals surface area contributed by atoms with Crippen LogP contribution < -0.4 is 59.7 Å². The second-order valence-corrected chi connectivity index (χ2v) is 24.4.